The van der Waals surface area contributed by atoms with E-state index in [1.807, 2.05) is 60.7 Å². The summed E-state index contributed by atoms with van der Waals surface area (Å²) in [6.07, 6.45) is 0. The second-order valence-electron chi connectivity index (χ2n) is 5.22. The first kappa shape index (κ1) is 15.6. The van der Waals surface area contributed by atoms with Crippen molar-refractivity contribution in [2.75, 3.05) is 0 Å². The Morgan fingerprint density at radius 1 is 0.917 bits per heavy atom. The van der Waals surface area contributed by atoms with E-state index in [4.69, 9.17) is 0 Å². The normalized spacial score (nSPS) is 10.2. The van der Waals surface area contributed by atoms with Gasteiger partial charge in [-0.15, -0.1) is 5.10 Å². The monoisotopic (exact) mass is 317 g/mol. The SMILES string of the molecule is Cc1cc(C(=O)O)c(N=C(c2ccccc2)c2ccccc2)nn1. The molecule has 118 valence electrons. The number of aryl methyl sites for hydroxylation is 1. The fourth-order valence-corrected chi connectivity index (χ4v) is 2.32. The number of aromatic carboxylic acids is 1. The molecule has 0 unspecified atom stereocenters. The van der Waals surface area contributed by atoms with E-state index in [-0.39, 0.29) is 11.4 Å². The predicted octanol–water partition coefficient (Wildman–Crippen LogP) is 3.65. The minimum absolute atomic E-state index is 0.0341. The van der Waals surface area contributed by atoms with Gasteiger partial charge in [-0.05, 0) is 13.0 Å². The zero-order valence-electron chi connectivity index (χ0n) is 13.0. The summed E-state index contributed by atoms with van der Waals surface area (Å²) in [5, 5.41) is 17.3. The first-order valence-corrected chi connectivity index (χ1v) is 7.42. The standard InChI is InChI=1S/C19H15N3O2/c1-13-12-16(19(23)24)18(22-21-13)20-17(14-8-4-2-5-9-14)15-10-6-3-7-11-15/h2-12H,1H3,(H,23,24). The molecule has 1 aromatic heterocycles. The summed E-state index contributed by atoms with van der Waals surface area (Å²) in [6.45, 7) is 1.70. The smallest absolute Gasteiger partial charge is 0.339 e. The van der Waals surface area contributed by atoms with Crippen molar-refractivity contribution >= 4 is 17.5 Å². The van der Waals surface area contributed by atoms with Crippen molar-refractivity contribution in [3.8, 4) is 0 Å². The quantitative estimate of drug-likeness (QED) is 0.745. The number of carboxylic acids is 1. The maximum absolute atomic E-state index is 11.5. The number of benzene rings is 2. The van der Waals surface area contributed by atoms with Crippen molar-refractivity contribution in [1.82, 2.24) is 10.2 Å². The van der Waals surface area contributed by atoms with Gasteiger partial charge >= 0.3 is 5.97 Å². The van der Waals surface area contributed by atoms with Gasteiger partial charge in [0.2, 0.25) is 0 Å². The number of aliphatic imine (C=N–C) groups is 1. The minimum Gasteiger partial charge on any atom is -0.478 e. The summed E-state index contributed by atoms with van der Waals surface area (Å²) in [4.78, 5) is 16.0. The van der Waals surface area contributed by atoms with E-state index in [0.29, 0.717) is 11.4 Å². The van der Waals surface area contributed by atoms with E-state index in [1.165, 1.54) is 6.07 Å². The molecule has 0 saturated carbocycles. The van der Waals surface area contributed by atoms with Crippen molar-refractivity contribution < 1.29 is 9.90 Å². The van der Waals surface area contributed by atoms with E-state index in [1.54, 1.807) is 6.92 Å². The summed E-state index contributed by atoms with van der Waals surface area (Å²) >= 11 is 0. The van der Waals surface area contributed by atoms with Crippen molar-refractivity contribution in [3.05, 3.63) is 89.1 Å². The minimum atomic E-state index is -1.08. The Kier molecular flexibility index (Phi) is 4.43. The average Bonchev–Trinajstić information content (AvgIpc) is 2.62. The lowest BCUT2D eigenvalue weighted by Crippen LogP contribution is -2.06. The largest absolute Gasteiger partial charge is 0.478 e. The molecule has 5 nitrogen and oxygen atoms in total. The number of hydrogen-bond donors (Lipinski definition) is 1. The highest BCUT2D eigenvalue weighted by Crippen LogP contribution is 2.20. The third-order valence-corrected chi connectivity index (χ3v) is 3.44. The molecule has 24 heavy (non-hydrogen) atoms. The van der Waals surface area contributed by atoms with Crippen LogP contribution in [0.25, 0.3) is 0 Å². The van der Waals surface area contributed by atoms with Gasteiger partial charge in [0, 0.05) is 11.1 Å². The fraction of sp³-hybridized carbons (Fsp3) is 0.0526. The highest BCUT2D eigenvalue weighted by atomic mass is 16.4. The van der Waals surface area contributed by atoms with Gasteiger partial charge in [-0.3, -0.25) is 0 Å². The average molecular weight is 317 g/mol. The summed E-state index contributed by atoms with van der Waals surface area (Å²) in [6, 6.07) is 20.6. The van der Waals surface area contributed by atoms with Crippen LogP contribution >= 0.6 is 0 Å². The van der Waals surface area contributed by atoms with E-state index < -0.39 is 5.97 Å². The molecule has 0 spiro atoms. The maximum atomic E-state index is 11.5. The van der Waals surface area contributed by atoms with Crippen LogP contribution in [0.5, 0.6) is 0 Å². The van der Waals surface area contributed by atoms with Gasteiger partial charge in [-0.2, -0.15) is 5.10 Å². The Balaban J connectivity index is 2.20. The Morgan fingerprint density at radius 2 is 1.46 bits per heavy atom. The predicted molar refractivity (Wildman–Crippen MR) is 91.9 cm³/mol. The van der Waals surface area contributed by atoms with Crippen LogP contribution in [0.2, 0.25) is 0 Å². The van der Waals surface area contributed by atoms with Crippen LogP contribution in [0.3, 0.4) is 0 Å². The van der Waals surface area contributed by atoms with E-state index in [2.05, 4.69) is 15.2 Å². The van der Waals surface area contributed by atoms with Gasteiger partial charge in [-0.1, -0.05) is 60.7 Å². The molecule has 0 aliphatic carbocycles. The first-order valence-electron chi connectivity index (χ1n) is 7.42. The number of nitrogens with zero attached hydrogens (tertiary/aromatic N) is 3. The molecule has 0 aliphatic rings. The molecule has 2 aromatic carbocycles. The van der Waals surface area contributed by atoms with Crippen LogP contribution in [0, 0.1) is 6.92 Å². The Morgan fingerprint density at radius 3 is 1.96 bits per heavy atom. The summed E-state index contributed by atoms with van der Waals surface area (Å²) in [5.41, 5.74) is 2.97. The molecular weight excluding hydrogens is 302 g/mol. The number of aromatic nitrogens is 2. The van der Waals surface area contributed by atoms with Gasteiger partial charge in [0.05, 0.1) is 11.4 Å². The van der Waals surface area contributed by atoms with Crippen LogP contribution in [-0.4, -0.2) is 27.0 Å². The van der Waals surface area contributed by atoms with Crippen LogP contribution in [-0.2, 0) is 0 Å². The molecular formula is C19H15N3O2. The van der Waals surface area contributed by atoms with Gasteiger partial charge in [-0.25, -0.2) is 9.79 Å². The van der Waals surface area contributed by atoms with Crippen LogP contribution in [0.1, 0.15) is 27.2 Å². The number of carbonyl (C=O) groups is 1. The number of rotatable bonds is 4. The van der Waals surface area contributed by atoms with Crippen molar-refractivity contribution in [2.24, 2.45) is 4.99 Å². The number of hydrogen-bond acceptors (Lipinski definition) is 4. The third kappa shape index (κ3) is 3.35. The Bertz CT molecular complexity index is 850. The van der Waals surface area contributed by atoms with Crippen LogP contribution in [0.15, 0.2) is 71.7 Å². The molecule has 0 bridgehead atoms. The third-order valence-electron chi connectivity index (χ3n) is 3.44. The lowest BCUT2D eigenvalue weighted by Gasteiger charge is -2.08. The van der Waals surface area contributed by atoms with Crippen molar-refractivity contribution in [2.45, 2.75) is 6.92 Å². The van der Waals surface area contributed by atoms with Gasteiger partial charge < -0.3 is 5.11 Å². The fourth-order valence-electron chi connectivity index (χ4n) is 2.32. The second kappa shape index (κ2) is 6.83. The lowest BCUT2D eigenvalue weighted by molar-refractivity contribution is 0.0697. The van der Waals surface area contributed by atoms with Gasteiger partial charge in [0.15, 0.2) is 5.82 Å². The zero-order chi connectivity index (χ0) is 16.9. The molecule has 1 N–H and O–H groups in total. The Hall–Kier alpha value is -3.34. The topological polar surface area (TPSA) is 75.4 Å². The molecule has 3 aromatic rings. The summed E-state index contributed by atoms with van der Waals surface area (Å²) < 4.78 is 0. The van der Waals surface area contributed by atoms with Crippen molar-refractivity contribution in [1.29, 1.82) is 0 Å². The van der Waals surface area contributed by atoms with E-state index in [0.717, 1.165) is 11.1 Å². The summed E-state index contributed by atoms with van der Waals surface area (Å²) in [5.74, 6) is -0.983. The molecule has 5 heteroatoms. The van der Waals surface area contributed by atoms with Crippen LogP contribution in [0.4, 0.5) is 5.82 Å². The van der Waals surface area contributed by atoms with E-state index >= 15 is 0 Å². The molecule has 3 rings (SSSR count). The molecule has 0 amide bonds. The highest BCUT2D eigenvalue weighted by molar-refractivity contribution is 6.14. The molecule has 0 aliphatic heterocycles. The lowest BCUT2D eigenvalue weighted by atomic mass is 10.0. The molecule has 0 atom stereocenters. The zero-order valence-corrected chi connectivity index (χ0v) is 13.0. The van der Waals surface area contributed by atoms with E-state index in [9.17, 15) is 9.90 Å². The highest BCUT2D eigenvalue weighted by Gasteiger charge is 2.15. The molecule has 0 saturated heterocycles. The number of carboxylic acid groups (broad SMARTS) is 1. The second-order valence-corrected chi connectivity index (χ2v) is 5.22. The first-order chi connectivity index (χ1) is 11.6. The summed E-state index contributed by atoms with van der Waals surface area (Å²) in [7, 11) is 0. The van der Waals surface area contributed by atoms with Crippen molar-refractivity contribution in [3.63, 3.8) is 0 Å². The maximum Gasteiger partial charge on any atom is 0.339 e. The van der Waals surface area contributed by atoms with Crippen LogP contribution < -0.4 is 0 Å². The molecule has 1 heterocycles. The molecule has 0 radical (unpaired) electrons. The Labute approximate surface area is 139 Å². The molecule has 0 fully saturated rings. The van der Waals surface area contributed by atoms with Gasteiger partial charge in [0.25, 0.3) is 0 Å². The van der Waals surface area contributed by atoms with Gasteiger partial charge in [0.1, 0.15) is 5.56 Å².